The molecule has 0 aliphatic heterocycles. The summed E-state index contributed by atoms with van der Waals surface area (Å²) < 4.78 is 2.28. The lowest BCUT2D eigenvalue weighted by Crippen LogP contribution is -2.00. The predicted molar refractivity (Wildman–Crippen MR) is 145 cm³/mol. The van der Waals surface area contributed by atoms with Gasteiger partial charge in [-0.3, -0.25) is 4.98 Å². The minimum atomic E-state index is 0.769. The fourth-order valence-electron chi connectivity index (χ4n) is 4.18. The Bertz CT molecular complexity index is 1510. The number of pyridine rings is 2. The second-order valence-electron chi connectivity index (χ2n) is 7.70. The van der Waals surface area contributed by atoms with Crippen molar-refractivity contribution >= 4 is 33.6 Å². The zero-order chi connectivity index (χ0) is 24.1. The molecule has 168 valence electrons. The minimum absolute atomic E-state index is 0.769. The number of nitrogens with zero attached hydrogens (tertiary/aromatic N) is 3. The minimum Gasteiger partial charge on any atom is -0.309 e. The van der Waals surface area contributed by atoms with Crippen LogP contribution >= 0.6 is 0 Å². The molecule has 5 rings (SSSR count). The molecule has 0 saturated carbocycles. The van der Waals surface area contributed by atoms with Crippen LogP contribution in [0.15, 0.2) is 97.9 Å². The second-order valence-corrected chi connectivity index (χ2v) is 7.70. The molecule has 1 N–H and O–H groups in total. The second kappa shape index (κ2) is 10.1. The predicted octanol–water partition coefficient (Wildman–Crippen LogP) is 7.79. The number of aromatic nitrogens is 3. The number of nitrogens with one attached hydrogen (secondary N) is 1. The number of para-hydroxylation sites is 1. The van der Waals surface area contributed by atoms with Gasteiger partial charge in [-0.25, -0.2) is 4.98 Å². The van der Waals surface area contributed by atoms with Crippen LogP contribution in [0, 0.1) is 12.3 Å². The van der Waals surface area contributed by atoms with Crippen molar-refractivity contribution in [2.75, 3.05) is 0 Å². The number of benzene rings is 2. The lowest BCUT2D eigenvalue weighted by atomic mass is 10.1. The first-order chi connectivity index (χ1) is 16.7. The first kappa shape index (κ1) is 22.9. The van der Waals surface area contributed by atoms with Gasteiger partial charge < -0.3 is 9.98 Å². The summed E-state index contributed by atoms with van der Waals surface area (Å²) in [5.41, 5.74) is 7.92. The van der Waals surface area contributed by atoms with Gasteiger partial charge in [-0.1, -0.05) is 56.3 Å². The normalized spacial score (nSPS) is 11.2. The van der Waals surface area contributed by atoms with E-state index in [1.165, 1.54) is 22.6 Å². The molecule has 5 aromatic rings. The standard InChI is InChI=1S/C28H22N4.C2H6/c1-3-20(10-13-29)25-17-22(18-26(31-25)21-11-14-30-15-12-21)32-27-7-5-4-6-23(27)24-16-19(2)8-9-28(24)32;1-2/h3-18,29H,1H2,2H3;1-2H3/b20-10+,29-13?;. The van der Waals surface area contributed by atoms with Crippen LogP contribution in [0.2, 0.25) is 0 Å². The van der Waals surface area contributed by atoms with Crippen LogP contribution in [0.25, 0.3) is 44.3 Å². The van der Waals surface area contributed by atoms with Gasteiger partial charge in [-0.2, -0.15) is 0 Å². The molecular weight excluding hydrogens is 416 g/mol. The average Bonchev–Trinajstić information content (AvgIpc) is 3.22. The van der Waals surface area contributed by atoms with Crippen LogP contribution in [0.1, 0.15) is 25.1 Å². The highest BCUT2D eigenvalue weighted by atomic mass is 15.0. The summed E-state index contributed by atoms with van der Waals surface area (Å²) in [5, 5.41) is 9.98. The fourth-order valence-corrected chi connectivity index (χ4v) is 4.18. The maximum atomic E-state index is 7.54. The Hall–Kier alpha value is -4.31. The number of hydrogen-bond acceptors (Lipinski definition) is 3. The molecule has 0 aliphatic carbocycles. The number of fused-ring (bicyclic) bond motifs is 3. The molecule has 4 nitrogen and oxygen atoms in total. The lowest BCUT2D eigenvalue weighted by molar-refractivity contribution is 1.14. The van der Waals surface area contributed by atoms with Gasteiger partial charge in [0.25, 0.3) is 0 Å². The smallest absolute Gasteiger partial charge is 0.0731 e. The molecule has 0 saturated heterocycles. The topological polar surface area (TPSA) is 54.6 Å². The maximum absolute atomic E-state index is 7.54. The highest BCUT2D eigenvalue weighted by Gasteiger charge is 2.15. The van der Waals surface area contributed by atoms with Crippen LogP contribution in [-0.2, 0) is 0 Å². The number of rotatable bonds is 5. The molecule has 0 atom stereocenters. The van der Waals surface area contributed by atoms with Crippen LogP contribution in [-0.4, -0.2) is 20.7 Å². The third kappa shape index (κ3) is 4.18. The molecule has 3 aromatic heterocycles. The highest BCUT2D eigenvalue weighted by molar-refractivity contribution is 6.09. The van der Waals surface area contributed by atoms with Crippen molar-refractivity contribution in [3.8, 4) is 16.9 Å². The van der Waals surface area contributed by atoms with E-state index in [4.69, 9.17) is 10.4 Å². The van der Waals surface area contributed by atoms with Gasteiger partial charge >= 0.3 is 0 Å². The van der Waals surface area contributed by atoms with Crippen molar-refractivity contribution in [1.29, 1.82) is 5.41 Å². The van der Waals surface area contributed by atoms with Gasteiger partial charge in [0.1, 0.15) is 0 Å². The zero-order valence-corrected chi connectivity index (χ0v) is 19.8. The zero-order valence-electron chi connectivity index (χ0n) is 19.8. The van der Waals surface area contributed by atoms with Gasteiger partial charge in [-0.15, -0.1) is 0 Å². The molecule has 0 spiro atoms. The number of aryl methyl sites for hydroxylation is 1. The molecule has 0 amide bonds. The fraction of sp³-hybridized carbons (Fsp3) is 0.100. The van der Waals surface area contributed by atoms with E-state index in [9.17, 15) is 0 Å². The molecule has 0 aliphatic rings. The summed E-state index contributed by atoms with van der Waals surface area (Å²) >= 11 is 0. The van der Waals surface area contributed by atoms with Crippen LogP contribution in [0.3, 0.4) is 0 Å². The molecular formula is C30H28N4. The number of allylic oxidation sites excluding steroid dienone is 3. The van der Waals surface area contributed by atoms with Crippen LogP contribution < -0.4 is 0 Å². The Labute approximate surface area is 200 Å². The van der Waals surface area contributed by atoms with Gasteiger partial charge in [0.05, 0.1) is 28.1 Å². The largest absolute Gasteiger partial charge is 0.309 e. The van der Waals surface area contributed by atoms with Crippen molar-refractivity contribution in [2.24, 2.45) is 0 Å². The van der Waals surface area contributed by atoms with Crippen molar-refractivity contribution < 1.29 is 0 Å². The van der Waals surface area contributed by atoms with E-state index in [-0.39, 0.29) is 0 Å². The summed E-state index contributed by atoms with van der Waals surface area (Å²) in [6.45, 7) is 10.1. The van der Waals surface area contributed by atoms with Gasteiger partial charge in [0, 0.05) is 40.5 Å². The maximum Gasteiger partial charge on any atom is 0.0731 e. The third-order valence-corrected chi connectivity index (χ3v) is 5.65. The molecule has 0 unspecified atom stereocenters. The van der Waals surface area contributed by atoms with Crippen molar-refractivity contribution in [3.05, 3.63) is 109 Å². The quantitative estimate of drug-likeness (QED) is 0.222. The van der Waals surface area contributed by atoms with Crippen LogP contribution in [0.4, 0.5) is 0 Å². The Morgan fingerprint density at radius 2 is 1.65 bits per heavy atom. The van der Waals surface area contributed by atoms with Crippen LogP contribution in [0.5, 0.6) is 0 Å². The first-order valence-corrected chi connectivity index (χ1v) is 11.5. The molecule has 3 heterocycles. The average molecular weight is 445 g/mol. The lowest BCUT2D eigenvalue weighted by Gasteiger charge is -2.13. The van der Waals surface area contributed by atoms with E-state index in [0.29, 0.717) is 0 Å². The summed E-state index contributed by atoms with van der Waals surface area (Å²) in [4.78, 5) is 9.04. The van der Waals surface area contributed by atoms with E-state index in [1.54, 1.807) is 24.5 Å². The molecule has 2 aromatic carbocycles. The number of hydrogen-bond donors (Lipinski definition) is 1. The molecule has 0 bridgehead atoms. The van der Waals surface area contributed by atoms with Gasteiger partial charge in [0.15, 0.2) is 0 Å². The van der Waals surface area contributed by atoms with E-state index < -0.39 is 0 Å². The molecule has 4 heteroatoms. The van der Waals surface area contributed by atoms with E-state index >= 15 is 0 Å². The summed E-state index contributed by atoms with van der Waals surface area (Å²) in [6.07, 6.45) is 8.26. The summed E-state index contributed by atoms with van der Waals surface area (Å²) in [6, 6.07) is 23.1. The summed E-state index contributed by atoms with van der Waals surface area (Å²) in [7, 11) is 0. The molecule has 0 fully saturated rings. The van der Waals surface area contributed by atoms with Gasteiger partial charge in [-0.05, 0) is 55.5 Å². The Morgan fingerprint density at radius 3 is 2.38 bits per heavy atom. The van der Waals surface area contributed by atoms with Crippen molar-refractivity contribution in [3.63, 3.8) is 0 Å². The monoisotopic (exact) mass is 444 g/mol. The summed E-state index contributed by atoms with van der Waals surface area (Å²) in [5.74, 6) is 0. The Morgan fingerprint density at radius 1 is 0.912 bits per heavy atom. The van der Waals surface area contributed by atoms with E-state index in [2.05, 4.69) is 77.7 Å². The Balaban J connectivity index is 0.00000133. The molecule has 34 heavy (non-hydrogen) atoms. The van der Waals surface area contributed by atoms with Crippen molar-refractivity contribution in [2.45, 2.75) is 20.8 Å². The van der Waals surface area contributed by atoms with E-state index in [1.807, 2.05) is 26.0 Å². The van der Waals surface area contributed by atoms with Crippen molar-refractivity contribution in [1.82, 2.24) is 14.5 Å². The third-order valence-electron chi connectivity index (χ3n) is 5.65. The molecule has 0 radical (unpaired) electrons. The SMILES string of the molecule is C=C/C(=C\C=N)c1cc(-n2c3ccccc3c3cc(C)ccc32)cc(-c2ccncc2)n1.CC. The first-order valence-electron chi connectivity index (χ1n) is 11.5. The van der Waals surface area contributed by atoms with E-state index in [0.717, 1.165) is 39.2 Å². The van der Waals surface area contributed by atoms with Gasteiger partial charge in [0.2, 0.25) is 0 Å². The highest BCUT2D eigenvalue weighted by Crippen LogP contribution is 2.34. The Kier molecular flexibility index (Phi) is 6.79.